The first kappa shape index (κ1) is 17.0. The molecular weight excluding hydrogens is 318 g/mol. The van der Waals surface area contributed by atoms with E-state index in [-0.39, 0.29) is 17.1 Å². The Morgan fingerprint density at radius 2 is 1.92 bits per heavy atom. The quantitative estimate of drug-likeness (QED) is 0.447. The van der Waals surface area contributed by atoms with Gasteiger partial charge >= 0.3 is 0 Å². The Labute approximate surface area is 148 Å². The molecule has 0 aromatic carbocycles. The van der Waals surface area contributed by atoms with Crippen LogP contribution in [-0.4, -0.2) is 28.8 Å². The number of hydrogen-bond acceptors (Lipinski definition) is 4. The van der Waals surface area contributed by atoms with Crippen LogP contribution in [0.3, 0.4) is 0 Å². The van der Waals surface area contributed by atoms with E-state index in [1.165, 1.54) is 0 Å². The van der Waals surface area contributed by atoms with Gasteiger partial charge in [-0.25, -0.2) is 0 Å². The summed E-state index contributed by atoms with van der Waals surface area (Å²) in [5.74, 6) is 1.58. The zero-order valence-electron chi connectivity index (χ0n) is 15.0. The first-order chi connectivity index (χ1) is 11.8. The lowest BCUT2D eigenvalue weighted by Gasteiger charge is -2.61. The van der Waals surface area contributed by atoms with Gasteiger partial charge in [0.05, 0.1) is 6.10 Å². The SMILES string of the molecule is C[C@]12[C@@H](CC[C@@H]3[C@@H]1CC[C@]1(C)C(=O)CC[C@@H]31)CC(=O)C(N=[N+]=[N-])[C@@H]2O. The normalized spacial score (nSPS) is 52.0. The number of carbonyl (C=O) groups excluding carboxylic acids is 2. The number of azide groups is 1. The Morgan fingerprint density at radius 1 is 1.16 bits per heavy atom. The van der Waals surface area contributed by atoms with E-state index in [0.717, 1.165) is 32.1 Å². The van der Waals surface area contributed by atoms with Crippen molar-refractivity contribution < 1.29 is 14.7 Å². The predicted molar refractivity (Wildman–Crippen MR) is 91.4 cm³/mol. The van der Waals surface area contributed by atoms with Gasteiger partial charge in [0.15, 0.2) is 0 Å². The maximum atomic E-state index is 12.5. The van der Waals surface area contributed by atoms with Crippen LogP contribution in [0.4, 0.5) is 0 Å². The van der Waals surface area contributed by atoms with Gasteiger partial charge in [-0.2, -0.15) is 0 Å². The molecular formula is C19H27N3O3. The van der Waals surface area contributed by atoms with E-state index in [2.05, 4.69) is 23.9 Å². The van der Waals surface area contributed by atoms with Gasteiger partial charge in [0, 0.05) is 28.6 Å². The van der Waals surface area contributed by atoms with Gasteiger partial charge in [-0.15, -0.1) is 0 Å². The summed E-state index contributed by atoms with van der Waals surface area (Å²) in [7, 11) is 0. The Bertz CT molecular complexity index is 673. The van der Waals surface area contributed by atoms with Gasteiger partial charge < -0.3 is 5.11 Å². The molecule has 1 N–H and O–H groups in total. The van der Waals surface area contributed by atoms with Gasteiger partial charge in [-0.1, -0.05) is 19.0 Å². The van der Waals surface area contributed by atoms with E-state index in [4.69, 9.17) is 5.53 Å². The van der Waals surface area contributed by atoms with Crippen molar-refractivity contribution in [1.82, 2.24) is 0 Å². The second kappa shape index (κ2) is 5.55. The third kappa shape index (κ3) is 2.10. The van der Waals surface area contributed by atoms with Crippen LogP contribution in [-0.2, 0) is 9.59 Å². The monoisotopic (exact) mass is 345 g/mol. The van der Waals surface area contributed by atoms with Crippen LogP contribution in [0.25, 0.3) is 10.4 Å². The molecule has 0 saturated heterocycles. The minimum atomic E-state index is -0.955. The molecule has 4 saturated carbocycles. The highest BCUT2D eigenvalue weighted by molar-refractivity contribution is 5.87. The van der Waals surface area contributed by atoms with E-state index in [1.54, 1.807) is 0 Å². The Hall–Kier alpha value is -1.39. The van der Waals surface area contributed by atoms with E-state index in [9.17, 15) is 14.7 Å². The molecule has 6 heteroatoms. The Morgan fingerprint density at radius 3 is 2.64 bits per heavy atom. The van der Waals surface area contributed by atoms with Crippen molar-refractivity contribution >= 4 is 11.6 Å². The largest absolute Gasteiger partial charge is 0.392 e. The Balaban J connectivity index is 1.71. The van der Waals surface area contributed by atoms with Crippen molar-refractivity contribution in [2.75, 3.05) is 0 Å². The van der Waals surface area contributed by atoms with E-state index < -0.39 is 17.6 Å². The second-order valence-electron chi connectivity index (χ2n) is 9.20. The van der Waals surface area contributed by atoms with Crippen molar-refractivity contribution in [2.45, 2.75) is 70.9 Å². The molecule has 0 bridgehead atoms. The first-order valence-corrected chi connectivity index (χ1v) is 9.62. The number of aliphatic hydroxyl groups is 1. The lowest BCUT2D eigenvalue weighted by molar-refractivity contribution is -0.173. The minimum absolute atomic E-state index is 0.122. The number of ketones is 2. The molecule has 4 rings (SSSR count). The summed E-state index contributed by atoms with van der Waals surface area (Å²) in [6, 6.07) is -0.955. The molecule has 0 amide bonds. The zero-order valence-corrected chi connectivity index (χ0v) is 15.0. The molecule has 0 aromatic rings. The molecule has 0 aliphatic heterocycles. The zero-order chi connectivity index (χ0) is 18.0. The summed E-state index contributed by atoms with van der Waals surface area (Å²) in [4.78, 5) is 27.6. The highest BCUT2D eigenvalue weighted by Gasteiger charge is 2.63. The van der Waals surface area contributed by atoms with Crippen LogP contribution in [0.1, 0.15) is 58.8 Å². The maximum absolute atomic E-state index is 12.5. The molecule has 25 heavy (non-hydrogen) atoms. The third-order valence-electron chi connectivity index (χ3n) is 8.56. The average molecular weight is 345 g/mol. The fourth-order valence-electron chi connectivity index (χ4n) is 7.09. The number of fused-ring (bicyclic) bond motifs is 5. The molecule has 136 valence electrons. The smallest absolute Gasteiger partial charge is 0.144 e. The molecule has 0 radical (unpaired) electrons. The minimum Gasteiger partial charge on any atom is -0.392 e. The summed E-state index contributed by atoms with van der Waals surface area (Å²) in [6.07, 6.45) is 4.91. The second-order valence-corrected chi connectivity index (χ2v) is 9.20. The molecule has 1 unspecified atom stereocenters. The number of Topliss-reactive ketones (excluding diaryl/α,β-unsaturated/α-hetero) is 2. The van der Waals surface area contributed by atoms with Crippen LogP contribution in [0.15, 0.2) is 5.11 Å². The highest BCUT2D eigenvalue weighted by Crippen LogP contribution is 2.65. The van der Waals surface area contributed by atoms with E-state index in [1.807, 2.05) is 0 Å². The summed E-state index contributed by atoms with van der Waals surface area (Å²) >= 11 is 0. The van der Waals surface area contributed by atoms with Gasteiger partial charge in [0.1, 0.15) is 17.6 Å². The van der Waals surface area contributed by atoms with Crippen LogP contribution >= 0.6 is 0 Å². The summed E-state index contributed by atoms with van der Waals surface area (Å²) in [6.45, 7) is 4.24. The predicted octanol–water partition coefficient (Wildman–Crippen LogP) is 3.43. The fraction of sp³-hybridized carbons (Fsp3) is 0.895. The number of hydrogen-bond donors (Lipinski definition) is 1. The summed E-state index contributed by atoms with van der Waals surface area (Å²) in [5, 5.41) is 14.7. The average Bonchev–Trinajstić information content (AvgIpc) is 2.89. The van der Waals surface area contributed by atoms with Crippen LogP contribution in [0.5, 0.6) is 0 Å². The van der Waals surface area contributed by atoms with E-state index in [0.29, 0.717) is 36.4 Å². The van der Waals surface area contributed by atoms with Crippen LogP contribution < -0.4 is 0 Å². The maximum Gasteiger partial charge on any atom is 0.144 e. The number of nitrogens with zero attached hydrogens (tertiary/aromatic N) is 3. The van der Waals surface area contributed by atoms with E-state index >= 15 is 0 Å². The molecule has 6 nitrogen and oxygen atoms in total. The number of aliphatic hydroxyl groups excluding tert-OH is 1. The molecule has 4 aliphatic rings. The number of rotatable bonds is 1. The van der Waals surface area contributed by atoms with Crippen LogP contribution in [0, 0.1) is 34.5 Å². The Kier molecular flexibility index (Phi) is 3.79. The van der Waals surface area contributed by atoms with Crippen LogP contribution in [0.2, 0.25) is 0 Å². The topological polar surface area (TPSA) is 103 Å². The summed E-state index contributed by atoms with van der Waals surface area (Å²) < 4.78 is 0. The molecule has 0 aromatic heterocycles. The molecule has 0 spiro atoms. The first-order valence-electron chi connectivity index (χ1n) is 9.62. The van der Waals surface area contributed by atoms with Crippen molar-refractivity contribution in [2.24, 2.45) is 39.6 Å². The molecule has 4 aliphatic carbocycles. The lowest BCUT2D eigenvalue weighted by Crippen LogP contribution is -2.62. The van der Waals surface area contributed by atoms with Gasteiger partial charge in [-0.3, -0.25) is 9.59 Å². The van der Waals surface area contributed by atoms with Gasteiger partial charge in [-0.05, 0) is 61.3 Å². The van der Waals surface area contributed by atoms with Crippen molar-refractivity contribution in [3.05, 3.63) is 10.4 Å². The third-order valence-corrected chi connectivity index (χ3v) is 8.56. The van der Waals surface area contributed by atoms with Crippen molar-refractivity contribution in [3.8, 4) is 0 Å². The highest BCUT2D eigenvalue weighted by atomic mass is 16.3. The fourth-order valence-corrected chi connectivity index (χ4v) is 7.09. The van der Waals surface area contributed by atoms with Crippen molar-refractivity contribution in [3.63, 3.8) is 0 Å². The molecule has 4 fully saturated rings. The standard InChI is InChI=1S/C19H27N3O3/c1-18-8-7-13-11(12(18)5-6-15(18)24)4-3-10-9-14(23)16(21-22-20)17(25)19(10,13)2/h10-13,16-17,25H,3-9H2,1-2H3/t10-,11-,12-,13-,16?,17-,18-,19-/m0/s1. The van der Waals surface area contributed by atoms with Crippen molar-refractivity contribution in [1.29, 1.82) is 0 Å². The lowest BCUT2D eigenvalue weighted by atomic mass is 9.44. The van der Waals surface area contributed by atoms with Gasteiger partial charge in [0.2, 0.25) is 0 Å². The number of carbonyl (C=O) groups is 2. The van der Waals surface area contributed by atoms with Gasteiger partial charge in [0.25, 0.3) is 0 Å². The molecule has 8 atom stereocenters. The summed E-state index contributed by atoms with van der Waals surface area (Å²) in [5.41, 5.74) is 8.22. The molecule has 0 heterocycles.